The van der Waals surface area contributed by atoms with Crippen molar-refractivity contribution in [1.29, 1.82) is 0 Å². The van der Waals surface area contributed by atoms with Crippen LogP contribution in [0.15, 0.2) is 48.6 Å². The molecule has 0 unspecified atom stereocenters. The SMILES string of the molecule is CCCCCCCCC=CCCCCCCCC(=O)O.CCCCCCCCC=CCCCCCCCC(=O)OCCCN(C(=O)CCCCCCCC=CCCCCCCCC)C(=O)CCCCCCCC=CCCCCCCCC. The van der Waals surface area contributed by atoms with Crippen LogP contribution in [0.5, 0.6) is 0 Å². The van der Waals surface area contributed by atoms with Gasteiger partial charge in [-0.2, -0.15) is 0 Å². The van der Waals surface area contributed by atoms with Crippen molar-refractivity contribution in [2.45, 2.75) is 394 Å². The molecule has 480 valence electrons. The minimum Gasteiger partial charge on any atom is -0.481 e. The summed E-state index contributed by atoms with van der Waals surface area (Å²) < 4.78 is 5.55. The standard InChI is InChI=1S/C57H105NO4.C18H34O2/c1-4-7-10-13-16-19-22-25-28-31-34-37-40-43-46-50-55(59)58(56(60)51-47-44-41-38-35-32-29-26-23-20-17-14-11-8-5-2)53-49-54-62-57(61)52-48-45-42-39-36-33-30-27-24-21-18-15-12-9-6-3;1-2-3-4-5-6-7-8-9-10-11-12-13-14-15-16-17-18(19)20/h25-30H,4-24,31-54H2,1-3H3;9-10H,2-8,11-17H2,1H3,(H,19,20). The highest BCUT2D eigenvalue weighted by atomic mass is 16.5. The Labute approximate surface area is 510 Å². The molecular formula is C75H139NO6. The summed E-state index contributed by atoms with van der Waals surface area (Å²) in [5.41, 5.74) is 0. The normalized spacial score (nSPS) is 11.7. The first-order chi connectivity index (χ1) is 40.3. The maximum atomic E-state index is 13.4. The number of carbonyl (C=O) groups is 4. The fourth-order valence-electron chi connectivity index (χ4n) is 10.5. The molecule has 0 bridgehead atoms. The number of carbonyl (C=O) groups excluding carboxylic acids is 3. The highest BCUT2D eigenvalue weighted by Crippen LogP contribution is 2.17. The van der Waals surface area contributed by atoms with Crippen LogP contribution in [0.4, 0.5) is 0 Å². The van der Waals surface area contributed by atoms with Crippen molar-refractivity contribution >= 4 is 23.8 Å². The zero-order valence-corrected chi connectivity index (χ0v) is 55.3. The summed E-state index contributed by atoms with van der Waals surface area (Å²) >= 11 is 0. The molecule has 0 aromatic carbocycles. The fraction of sp³-hybridized carbons (Fsp3) is 0.840. The summed E-state index contributed by atoms with van der Waals surface area (Å²) in [7, 11) is 0. The zero-order valence-electron chi connectivity index (χ0n) is 55.3. The minimum atomic E-state index is -0.664. The first kappa shape index (κ1) is 81.1. The fourth-order valence-corrected chi connectivity index (χ4v) is 10.5. The third-order valence-corrected chi connectivity index (χ3v) is 16.0. The van der Waals surface area contributed by atoms with Crippen LogP contribution in [-0.2, 0) is 23.9 Å². The van der Waals surface area contributed by atoms with Gasteiger partial charge in [0.15, 0.2) is 0 Å². The van der Waals surface area contributed by atoms with Gasteiger partial charge >= 0.3 is 11.9 Å². The van der Waals surface area contributed by atoms with E-state index in [9.17, 15) is 19.2 Å². The summed E-state index contributed by atoms with van der Waals surface area (Å²) in [6.07, 6.45) is 84.9. The first-order valence-corrected chi connectivity index (χ1v) is 36.1. The first-order valence-electron chi connectivity index (χ1n) is 36.1. The lowest BCUT2D eigenvalue weighted by Crippen LogP contribution is -2.38. The number of hydrogen-bond acceptors (Lipinski definition) is 5. The molecule has 2 amide bonds. The molecule has 1 N–H and O–H groups in total. The van der Waals surface area contributed by atoms with E-state index >= 15 is 0 Å². The predicted molar refractivity (Wildman–Crippen MR) is 358 cm³/mol. The quantitative estimate of drug-likeness (QED) is 0.0370. The minimum absolute atomic E-state index is 0.0556. The van der Waals surface area contributed by atoms with Crippen molar-refractivity contribution in [1.82, 2.24) is 4.90 Å². The molecule has 0 aliphatic heterocycles. The molecule has 82 heavy (non-hydrogen) atoms. The van der Waals surface area contributed by atoms with Gasteiger partial charge in [-0.15, -0.1) is 0 Å². The Kier molecular flexibility index (Phi) is 71.5. The highest BCUT2D eigenvalue weighted by Gasteiger charge is 2.20. The molecule has 0 saturated carbocycles. The molecule has 0 heterocycles. The number of imide groups is 1. The monoisotopic (exact) mass is 1150 g/mol. The van der Waals surface area contributed by atoms with Gasteiger partial charge in [0.25, 0.3) is 0 Å². The molecule has 0 aromatic heterocycles. The van der Waals surface area contributed by atoms with E-state index in [2.05, 4.69) is 76.3 Å². The Bertz CT molecular complexity index is 1400. The van der Waals surface area contributed by atoms with Crippen LogP contribution in [0.1, 0.15) is 394 Å². The van der Waals surface area contributed by atoms with Crippen LogP contribution in [0.3, 0.4) is 0 Å². The summed E-state index contributed by atoms with van der Waals surface area (Å²) in [5.74, 6) is -0.934. The maximum Gasteiger partial charge on any atom is 0.305 e. The third-order valence-electron chi connectivity index (χ3n) is 16.0. The zero-order chi connectivity index (χ0) is 60.0. The number of unbranched alkanes of at least 4 members (excludes halogenated alkanes) is 44. The Hall–Kier alpha value is -2.96. The summed E-state index contributed by atoms with van der Waals surface area (Å²) in [6.45, 7) is 9.67. The molecule has 0 aromatic rings. The van der Waals surface area contributed by atoms with Gasteiger partial charge in [-0.25, -0.2) is 0 Å². The smallest absolute Gasteiger partial charge is 0.305 e. The second kappa shape index (κ2) is 72.3. The van der Waals surface area contributed by atoms with Crippen LogP contribution < -0.4 is 0 Å². The average Bonchev–Trinajstić information content (AvgIpc) is 3.48. The van der Waals surface area contributed by atoms with E-state index < -0.39 is 5.97 Å². The molecule has 0 saturated heterocycles. The molecule has 0 fully saturated rings. The van der Waals surface area contributed by atoms with E-state index in [1.54, 1.807) is 0 Å². The number of aliphatic carboxylic acids is 1. The van der Waals surface area contributed by atoms with E-state index in [1.165, 1.54) is 249 Å². The number of amides is 2. The van der Waals surface area contributed by atoms with Crippen molar-refractivity contribution in [2.24, 2.45) is 0 Å². The Morgan fingerprint density at radius 1 is 0.280 bits per heavy atom. The van der Waals surface area contributed by atoms with Gasteiger partial charge in [-0.3, -0.25) is 24.1 Å². The van der Waals surface area contributed by atoms with Crippen molar-refractivity contribution in [3.63, 3.8) is 0 Å². The largest absolute Gasteiger partial charge is 0.481 e. The molecule has 0 aliphatic rings. The Morgan fingerprint density at radius 2 is 0.500 bits per heavy atom. The maximum absolute atomic E-state index is 13.4. The van der Waals surface area contributed by atoms with E-state index in [1.807, 2.05) is 0 Å². The number of nitrogens with zero attached hydrogens (tertiary/aromatic N) is 1. The Morgan fingerprint density at radius 3 is 0.756 bits per heavy atom. The van der Waals surface area contributed by atoms with Crippen LogP contribution in [0.2, 0.25) is 0 Å². The van der Waals surface area contributed by atoms with Gasteiger partial charge in [0.2, 0.25) is 11.8 Å². The summed E-state index contributed by atoms with van der Waals surface area (Å²) in [6, 6.07) is 0. The van der Waals surface area contributed by atoms with E-state index in [4.69, 9.17) is 9.84 Å². The van der Waals surface area contributed by atoms with Crippen LogP contribution in [0, 0.1) is 0 Å². The number of esters is 1. The molecular weight excluding hydrogens is 1010 g/mol. The third kappa shape index (κ3) is 69.5. The second-order valence-corrected chi connectivity index (χ2v) is 24.2. The van der Waals surface area contributed by atoms with Crippen molar-refractivity contribution < 1.29 is 29.0 Å². The lowest BCUT2D eigenvalue weighted by Gasteiger charge is -2.21. The highest BCUT2D eigenvalue weighted by molar-refractivity contribution is 5.95. The van der Waals surface area contributed by atoms with Crippen LogP contribution in [0.25, 0.3) is 0 Å². The molecule has 0 spiro atoms. The number of carboxylic acids is 1. The summed E-state index contributed by atoms with van der Waals surface area (Å²) in [4.78, 5) is 51.0. The van der Waals surface area contributed by atoms with Crippen LogP contribution in [-0.4, -0.2) is 46.9 Å². The molecule has 0 atom stereocenters. The van der Waals surface area contributed by atoms with Gasteiger partial charge in [-0.05, 0) is 135 Å². The Balaban J connectivity index is 0. The number of ether oxygens (including phenoxy) is 1. The number of allylic oxidation sites excluding steroid dienone is 8. The predicted octanol–water partition coefficient (Wildman–Crippen LogP) is 24.5. The molecule has 7 heteroatoms. The van der Waals surface area contributed by atoms with Gasteiger partial charge in [0.05, 0.1) is 6.61 Å². The lowest BCUT2D eigenvalue weighted by atomic mass is 10.1. The number of hydrogen-bond donors (Lipinski definition) is 1. The van der Waals surface area contributed by atoms with E-state index in [-0.39, 0.29) is 24.4 Å². The molecule has 0 rings (SSSR count). The molecule has 0 radical (unpaired) electrons. The average molecular weight is 1150 g/mol. The van der Waals surface area contributed by atoms with Crippen molar-refractivity contribution in [3.8, 4) is 0 Å². The topological polar surface area (TPSA) is 101 Å². The van der Waals surface area contributed by atoms with Gasteiger partial charge in [0, 0.05) is 32.2 Å². The molecule has 7 nitrogen and oxygen atoms in total. The summed E-state index contributed by atoms with van der Waals surface area (Å²) in [5, 5.41) is 8.51. The van der Waals surface area contributed by atoms with Crippen molar-refractivity contribution in [2.75, 3.05) is 13.2 Å². The number of rotatable bonds is 64. The van der Waals surface area contributed by atoms with Gasteiger partial charge < -0.3 is 9.84 Å². The van der Waals surface area contributed by atoms with Gasteiger partial charge in [0.1, 0.15) is 0 Å². The van der Waals surface area contributed by atoms with E-state index in [0.29, 0.717) is 38.6 Å². The van der Waals surface area contributed by atoms with E-state index in [0.717, 1.165) is 89.9 Å². The lowest BCUT2D eigenvalue weighted by molar-refractivity contribution is -0.146. The van der Waals surface area contributed by atoms with Crippen molar-refractivity contribution in [3.05, 3.63) is 48.6 Å². The molecule has 0 aliphatic carbocycles. The number of carboxylic acid groups (broad SMARTS) is 1. The van der Waals surface area contributed by atoms with Crippen LogP contribution >= 0.6 is 0 Å². The second-order valence-electron chi connectivity index (χ2n) is 24.2. The van der Waals surface area contributed by atoms with Gasteiger partial charge in [-0.1, -0.05) is 282 Å².